The van der Waals surface area contributed by atoms with E-state index >= 15 is 0 Å². The maximum atomic E-state index is 13.1. The molecule has 1 fully saturated rings. The number of amides is 1. The van der Waals surface area contributed by atoms with Crippen LogP contribution in [0.5, 0.6) is 11.5 Å². The van der Waals surface area contributed by atoms with E-state index in [4.69, 9.17) is 21.1 Å². The van der Waals surface area contributed by atoms with Crippen LogP contribution in [0.4, 0.5) is 0 Å². The van der Waals surface area contributed by atoms with E-state index in [0.29, 0.717) is 21.7 Å². The molecule has 1 aliphatic rings. The number of ether oxygens (including phenoxy) is 2. The fourth-order valence-electron chi connectivity index (χ4n) is 3.91. The lowest BCUT2D eigenvalue weighted by atomic mass is 10.0. The molecule has 168 valence electrons. The number of benzene rings is 2. The second kappa shape index (κ2) is 9.83. The van der Waals surface area contributed by atoms with Crippen molar-refractivity contribution in [2.24, 2.45) is 0 Å². The smallest absolute Gasteiger partial charge is 0.233 e. The number of halogens is 1. The fraction of sp³-hybridized carbons (Fsp3) is 0.348. The first-order valence-electron chi connectivity index (χ1n) is 10.3. The molecule has 0 N–H and O–H groups in total. The number of aromatic nitrogens is 3. The highest BCUT2D eigenvalue weighted by Gasteiger charge is 2.30. The van der Waals surface area contributed by atoms with Gasteiger partial charge in [0.1, 0.15) is 6.33 Å². The van der Waals surface area contributed by atoms with Gasteiger partial charge in [-0.05, 0) is 55.2 Å². The number of thioether (sulfide) groups is 1. The Bertz CT molecular complexity index is 1120. The van der Waals surface area contributed by atoms with Gasteiger partial charge in [0.05, 0.1) is 31.7 Å². The van der Waals surface area contributed by atoms with Gasteiger partial charge in [-0.25, -0.2) is 0 Å². The van der Waals surface area contributed by atoms with Gasteiger partial charge in [-0.3, -0.25) is 9.36 Å². The first kappa shape index (κ1) is 22.5. The first-order valence-corrected chi connectivity index (χ1v) is 11.7. The Morgan fingerprint density at radius 1 is 1.19 bits per heavy atom. The summed E-state index contributed by atoms with van der Waals surface area (Å²) in [5.41, 5.74) is 2.92. The van der Waals surface area contributed by atoms with Crippen LogP contribution in [0.3, 0.4) is 0 Å². The Morgan fingerprint density at radius 2 is 2.00 bits per heavy atom. The van der Waals surface area contributed by atoms with E-state index in [0.717, 1.165) is 36.2 Å². The summed E-state index contributed by atoms with van der Waals surface area (Å²) in [5.74, 6) is 1.70. The minimum atomic E-state index is 0.0247. The number of methoxy groups -OCH3 is 2. The minimum absolute atomic E-state index is 0.0247. The Balaban J connectivity index is 1.47. The summed E-state index contributed by atoms with van der Waals surface area (Å²) in [5, 5.41) is 9.55. The van der Waals surface area contributed by atoms with Crippen LogP contribution in [0.2, 0.25) is 5.02 Å². The van der Waals surface area contributed by atoms with Gasteiger partial charge in [-0.1, -0.05) is 35.5 Å². The van der Waals surface area contributed by atoms with Crippen molar-refractivity contribution in [3.8, 4) is 17.2 Å². The standard InChI is InChI=1S/C23H25ClN4O3S/c1-15-6-8-17(12-18(15)24)28-14-25-26-23(28)32-13-22(29)27-10-4-5-19(27)16-7-9-20(30-2)21(11-16)31-3/h6-9,11-12,14,19H,4-5,10,13H2,1-3H3. The first-order chi connectivity index (χ1) is 15.5. The number of carbonyl (C=O) groups is 1. The SMILES string of the molecule is COc1ccc(C2CCCN2C(=O)CSc2nncn2-c2ccc(C)c(Cl)c2)cc1OC. The largest absolute Gasteiger partial charge is 0.493 e. The third-order valence-corrected chi connectivity index (χ3v) is 6.98. The topological polar surface area (TPSA) is 69.5 Å². The van der Waals surface area contributed by atoms with E-state index < -0.39 is 0 Å². The van der Waals surface area contributed by atoms with Crippen molar-refractivity contribution in [1.82, 2.24) is 19.7 Å². The molecular formula is C23H25ClN4O3S. The van der Waals surface area contributed by atoms with E-state index in [2.05, 4.69) is 10.2 Å². The Morgan fingerprint density at radius 3 is 2.75 bits per heavy atom. The van der Waals surface area contributed by atoms with Crippen LogP contribution < -0.4 is 9.47 Å². The van der Waals surface area contributed by atoms with E-state index in [-0.39, 0.29) is 17.7 Å². The summed E-state index contributed by atoms with van der Waals surface area (Å²) >= 11 is 7.65. The van der Waals surface area contributed by atoms with Gasteiger partial charge >= 0.3 is 0 Å². The van der Waals surface area contributed by atoms with E-state index in [1.54, 1.807) is 20.5 Å². The molecule has 1 aromatic heterocycles. The third-order valence-electron chi connectivity index (χ3n) is 5.64. The lowest BCUT2D eigenvalue weighted by molar-refractivity contribution is -0.129. The highest BCUT2D eigenvalue weighted by atomic mass is 35.5. The van der Waals surface area contributed by atoms with Crippen LogP contribution in [0.1, 0.15) is 30.0 Å². The highest BCUT2D eigenvalue weighted by Crippen LogP contribution is 2.37. The van der Waals surface area contributed by atoms with Crippen LogP contribution in [0.15, 0.2) is 47.9 Å². The molecule has 1 saturated heterocycles. The molecule has 1 amide bonds. The van der Waals surface area contributed by atoms with Crippen molar-refractivity contribution in [2.75, 3.05) is 26.5 Å². The van der Waals surface area contributed by atoms with Gasteiger partial charge in [-0.15, -0.1) is 10.2 Å². The lowest BCUT2D eigenvalue weighted by Crippen LogP contribution is -2.32. The zero-order valence-corrected chi connectivity index (χ0v) is 19.8. The van der Waals surface area contributed by atoms with Crippen molar-refractivity contribution >= 4 is 29.3 Å². The molecule has 7 nitrogen and oxygen atoms in total. The van der Waals surface area contributed by atoms with E-state index in [9.17, 15) is 4.79 Å². The molecular weight excluding hydrogens is 448 g/mol. The Labute approximate surface area is 196 Å². The van der Waals surface area contributed by atoms with E-state index in [1.807, 2.05) is 52.8 Å². The van der Waals surface area contributed by atoms with Gasteiger partial charge in [-0.2, -0.15) is 0 Å². The molecule has 0 saturated carbocycles. The van der Waals surface area contributed by atoms with Crippen molar-refractivity contribution < 1.29 is 14.3 Å². The second-order valence-corrected chi connectivity index (χ2v) is 8.91. The van der Waals surface area contributed by atoms with Crippen molar-refractivity contribution in [2.45, 2.75) is 31.0 Å². The lowest BCUT2D eigenvalue weighted by Gasteiger charge is -2.25. The predicted molar refractivity (Wildman–Crippen MR) is 125 cm³/mol. The molecule has 2 aromatic carbocycles. The van der Waals surface area contributed by atoms with Crippen LogP contribution in [0.25, 0.3) is 5.69 Å². The summed E-state index contributed by atoms with van der Waals surface area (Å²) in [4.78, 5) is 15.1. The number of aryl methyl sites for hydroxylation is 1. The molecule has 9 heteroatoms. The van der Waals surface area contributed by atoms with Gasteiger partial charge in [0.25, 0.3) is 0 Å². The van der Waals surface area contributed by atoms with E-state index in [1.165, 1.54) is 11.8 Å². The predicted octanol–water partition coefficient (Wildman–Crippen LogP) is 4.70. The normalized spacial score (nSPS) is 15.8. The molecule has 1 aliphatic heterocycles. The van der Waals surface area contributed by atoms with Crippen LogP contribution in [0, 0.1) is 6.92 Å². The number of carbonyl (C=O) groups excluding carboxylic acids is 1. The molecule has 4 rings (SSSR count). The van der Waals surface area contributed by atoms with Crippen LogP contribution in [-0.2, 0) is 4.79 Å². The number of hydrogen-bond donors (Lipinski definition) is 0. The maximum absolute atomic E-state index is 13.1. The number of likely N-dealkylation sites (tertiary alicyclic amines) is 1. The summed E-state index contributed by atoms with van der Waals surface area (Å²) in [7, 11) is 3.23. The maximum Gasteiger partial charge on any atom is 0.233 e. The zero-order chi connectivity index (χ0) is 22.7. The summed E-state index contributed by atoms with van der Waals surface area (Å²) in [6, 6.07) is 11.7. The van der Waals surface area contributed by atoms with Gasteiger partial charge in [0.2, 0.25) is 5.91 Å². The third kappa shape index (κ3) is 4.56. The summed E-state index contributed by atoms with van der Waals surface area (Å²) in [6.07, 6.45) is 3.52. The number of rotatable bonds is 7. The summed E-state index contributed by atoms with van der Waals surface area (Å²) < 4.78 is 12.6. The van der Waals surface area contributed by atoms with Crippen molar-refractivity contribution in [1.29, 1.82) is 0 Å². The van der Waals surface area contributed by atoms with Crippen molar-refractivity contribution in [3.63, 3.8) is 0 Å². The number of hydrogen-bond acceptors (Lipinski definition) is 6. The molecule has 1 unspecified atom stereocenters. The van der Waals surface area contributed by atoms with Crippen molar-refractivity contribution in [3.05, 3.63) is 58.9 Å². The quantitative estimate of drug-likeness (QED) is 0.464. The molecule has 0 aliphatic carbocycles. The Kier molecular flexibility index (Phi) is 6.91. The number of nitrogens with zero attached hydrogens (tertiary/aromatic N) is 4. The average Bonchev–Trinajstić information content (AvgIpc) is 3.48. The highest BCUT2D eigenvalue weighted by molar-refractivity contribution is 7.99. The summed E-state index contributed by atoms with van der Waals surface area (Å²) in [6.45, 7) is 2.69. The van der Waals surface area contributed by atoms with Crippen LogP contribution in [-0.4, -0.2) is 52.1 Å². The molecule has 0 radical (unpaired) electrons. The Hall–Kier alpha value is -2.71. The van der Waals surface area contributed by atoms with Gasteiger partial charge in [0.15, 0.2) is 16.7 Å². The zero-order valence-electron chi connectivity index (χ0n) is 18.2. The van der Waals surface area contributed by atoms with Crippen LogP contribution >= 0.6 is 23.4 Å². The van der Waals surface area contributed by atoms with Gasteiger partial charge < -0.3 is 14.4 Å². The molecule has 2 heterocycles. The molecule has 0 bridgehead atoms. The molecule has 3 aromatic rings. The molecule has 0 spiro atoms. The molecule has 1 atom stereocenters. The minimum Gasteiger partial charge on any atom is -0.493 e. The van der Waals surface area contributed by atoms with Gasteiger partial charge in [0, 0.05) is 11.6 Å². The monoisotopic (exact) mass is 472 g/mol. The molecule has 32 heavy (non-hydrogen) atoms. The second-order valence-electron chi connectivity index (χ2n) is 7.57. The fourth-order valence-corrected chi connectivity index (χ4v) is 4.90. The average molecular weight is 473 g/mol.